The predicted octanol–water partition coefficient (Wildman–Crippen LogP) is 4.15. The van der Waals surface area contributed by atoms with Crippen molar-refractivity contribution >= 4 is 24.1 Å². The van der Waals surface area contributed by atoms with Crippen molar-refractivity contribution in [3.8, 4) is 0 Å². The van der Waals surface area contributed by atoms with Crippen molar-refractivity contribution in [3.05, 3.63) is 90.5 Å². The van der Waals surface area contributed by atoms with Crippen LogP contribution in [-0.2, 0) is 6.54 Å². The maximum atomic E-state index is 2.42. The zero-order valence-corrected chi connectivity index (χ0v) is 15.7. The van der Waals surface area contributed by atoms with E-state index in [0.717, 1.165) is 6.54 Å². The lowest BCUT2D eigenvalue weighted by Crippen LogP contribution is -2.52. The molecule has 0 saturated carbocycles. The van der Waals surface area contributed by atoms with Crippen LogP contribution in [0.4, 0.5) is 5.69 Å². The van der Waals surface area contributed by atoms with Crippen LogP contribution in [0.15, 0.2) is 84.9 Å². The summed E-state index contributed by atoms with van der Waals surface area (Å²) in [6.45, 7) is 5.77. The molecule has 0 radical (unpaired) electrons. The summed E-state index contributed by atoms with van der Waals surface area (Å²) in [6.07, 6.45) is 0. The summed E-state index contributed by atoms with van der Waals surface area (Å²) < 4.78 is 0. The van der Waals surface area contributed by atoms with Crippen molar-refractivity contribution in [1.82, 2.24) is 0 Å². The van der Waals surface area contributed by atoms with Gasteiger partial charge in [-0.3, -0.25) is 0 Å². The Morgan fingerprint density at radius 1 is 0.667 bits per heavy atom. The second-order valence-electron chi connectivity index (χ2n) is 6.88. The molecule has 0 aliphatic rings. The lowest BCUT2D eigenvalue weighted by molar-refractivity contribution is 0.923. The molecule has 0 aliphatic carbocycles. The zero-order valence-electron chi connectivity index (χ0n) is 14.7. The predicted molar refractivity (Wildman–Crippen MR) is 108 cm³/mol. The third kappa shape index (κ3) is 3.60. The van der Waals surface area contributed by atoms with E-state index >= 15 is 0 Å². The highest BCUT2D eigenvalue weighted by Crippen LogP contribution is 2.15. The number of benzene rings is 3. The molecule has 0 spiro atoms. The molecule has 0 amide bonds. The Morgan fingerprint density at radius 2 is 1.17 bits per heavy atom. The van der Waals surface area contributed by atoms with Gasteiger partial charge in [-0.2, -0.15) is 0 Å². The topological polar surface area (TPSA) is 3.24 Å². The Hall–Kier alpha value is -2.32. The first kappa shape index (κ1) is 16.5. The molecule has 1 nitrogen and oxygen atoms in total. The molecule has 0 heterocycles. The minimum Gasteiger partial charge on any atom is -0.370 e. The van der Waals surface area contributed by atoms with Gasteiger partial charge < -0.3 is 4.90 Å². The van der Waals surface area contributed by atoms with Crippen molar-refractivity contribution in [2.45, 2.75) is 19.6 Å². The van der Waals surface area contributed by atoms with E-state index in [9.17, 15) is 0 Å². The number of anilines is 1. The van der Waals surface area contributed by atoms with E-state index in [1.54, 1.807) is 0 Å². The van der Waals surface area contributed by atoms with Crippen molar-refractivity contribution in [3.63, 3.8) is 0 Å². The molecule has 24 heavy (non-hydrogen) atoms. The van der Waals surface area contributed by atoms with Crippen molar-refractivity contribution in [1.29, 1.82) is 0 Å². The molecular formula is C22H25NSi. The molecular weight excluding hydrogens is 306 g/mol. The van der Waals surface area contributed by atoms with Crippen LogP contribution in [-0.4, -0.2) is 15.1 Å². The van der Waals surface area contributed by atoms with Crippen LogP contribution >= 0.6 is 0 Å². The van der Waals surface area contributed by atoms with Crippen molar-refractivity contribution in [2.75, 3.05) is 11.9 Å². The van der Waals surface area contributed by atoms with E-state index in [4.69, 9.17) is 0 Å². The quantitative estimate of drug-likeness (QED) is 0.635. The van der Waals surface area contributed by atoms with Gasteiger partial charge in [0, 0.05) is 19.3 Å². The molecule has 3 rings (SSSR count). The van der Waals surface area contributed by atoms with Gasteiger partial charge in [-0.1, -0.05) is 96.3 Å². The second kappa shape index (κ2) is 7.06. The molecule has 0 unspecified atom stereocenters. The fraction of sp³-hybridized carbons (Fsp3) is 0.182. The third-order valence-electron chi connectivity index (χ3n) is 4.79. The van der Waals surface area contributed by atoms with Crippen molar-refractivity contribution < 1.29 is 0 Å². The molecule has 0 saturated heterocycles. The van der Waals surface area contributed by atoms with Crippen LogP contribution in [0.3, 0.4) is 0 Å². The molecule has 3 aromatic rings. The lowest BCUT2D eigenvalue weighted by atomic mass is 10.2. The van der Waals surface area contributed by atoms with Crippen LogP contribution in [0.1, 0.15) is 5.56 Å². The standard InChI is InChI=1S/C22H25NSi/c1-23(18-19-10-6-4-7-11-19)20-14-16-22(17-15-20)24(2,3)21-12-8-5-9-13-21/h4-17H,18H2,1-3H3. The Kier molecular flexibility index (Phi) is 4.86. The molecule has 0 fully saturated rings. The van der Waals surface area contributed by atoms with E-state index in [1.165, 1.54) is 21.6 Å². The molecule has 0 atom stereocenters. The van der Waals surface area contributed by atoms with Crippen LogP contribution < -0.4 is 15.3 Å². The smallest absolute Gasteiger partial charge is 0.112 e. The van der Waals surface area contributed by atoms with Gasteiger partial charge >= 0.3 is 0 Å². The largest absolute Gasteiger partial charge is 0.370 e. The lowest BCUT2D eigenvalue weighted by Gasteiger charge is -2.25. The van der Waals surface area contributed by atoms with E-state index < -0.39 is 8.07 Å². The average Bonchev–Trinajstić information content (AvgIpc) is 2.63. The summed E-state index contributed by atoms with van der Waals surface area (Å²) in [5.41, 5.74) is 2.60. The van der Waals surface area contributed by atoms with Gasteiger partial charge in [-0.15, -0.1) is 0 Å². The maximum absolute atomic E-state index is 2.42. The number of hydrogen-bond acceptors (Lipinski definition) is 1. The number of nitrogens with zero attached hydrogens (tertiary/aromatic N) is 1. The maximum Gasteiger partial charge on any atom is 0.112 e. The molecule has 3 aromatic carbocycles. The molecule has 0 bridgehead atoms. The number of hydrogen-bond donors (Lipinski definition) is 0. The molecule has 0 N–H and O–H groups in total. The van der Waals surface area contributed by atoms with Crippen LogP contribution in [0.25, 0.3) is 0 Å². The minimum atomic E-state index is -1.61. The SMILES string of the molecule is CN(Cc1ccccc1)c1ccc([Si](C)(C)c2ccccc2)cc1. The highest BCUT2D eigenvalue weighted by atomic mass is 28.3. The van der Waals surface area contributed by atoms with E-state index in [0.29, 0.717) is 0 Å². The molecule has 122 valence electrons. The fourth-order valence-electron chi connectivity index (χ4n) is 3.10. The Morgan fingerprint density at radius 3 is 1.75 bits per heavy atom. The first-order valence-corrected chi connectivity index (χ1v) is 11.5. The Labute approximate surface area is 146 Å². The summed E-state index contributed by atoms with van der Waals surface area (Å²) in [4.78, 5) is 2.30. The third-order valence-corrected chi connectivity index (χ3v) is 8.34. The van der Waals surface area contributed by atoms with Gasteiger partial charge in [0.1, 0.15) is 8.07 Å². The van der Waals surface area contributed by atoms with E-state index in [1.807, 2.05) is 0 Å². The summed E-state index contributed by atoms with van der Waals surface area (Å²) in [5.74, 6) is 0. The first-order chi connectivity index (χ1) is 11.6. The summed E-state index contributed by atoms with van der Waals surface area (Å²) in [5, 5.41) is 2.96. The minimum absolute atomic E-state index is 0.930. The molecule has 2 heteroatoms. The average molecular weight is 332 g/mol. The first-order valence-electron chi connectivity index (χ1n) is 8.48. The highest BCUT2D eigenvalue weighted by molar-refractivity contribution is 7.00. The van der Waals surface area contributed by atoms with Crippen molar-refractivity contribution in [2.24, 2.45) is 0 Å². The van der Waals surface area contributed by atoms with Crippen LogP contribution in [0.2, 0.25) is 13.1 Å². The fourth-order valence-corrected chi connectivity index (χ4v) is 5.46. The Balaban J connectivity index is 1.78. The van der Waals surface area contributed by atoms with E-state index in [-0.39, 0.29) is 0 Å². The Bertz CT molecular complexity index is 764. The molecule has 0 aliphatic heterocycles. The van der Waals surface area contributed by atoms with Gasteiger partial charge in [0.05, 0.1) is 0 Å². The summed E-state index contributed by atoms with van der Waals surface area (Å²) >= 11 is 0. The second-order valence-corrected chi connectivity index (χ2v) is 11.3. The van der Waals surface area contributed by atoms with E-state index in [2.05, 4.69) is 110 Å². The van der Waals surface area contributed by atoms with Gasteiger partial charge in [0.15, 0.2) is 0 Å². The van der Waals surface area contributed by atoms with Crippen LogP contribution in [0.5, 0.6) is 0 Å². The van der Waals surface area contributed by atoms with Crippen LogP contribution in [0, 0.1) is 0 Å². The highest BCUT2D eigenvalue weighted by Gasteiger charge is 2.25. The summed E-state index contributed by atoms with van der Waals surface area (Å²) in [6, 6.07) is 30.7. The zero-order chi connectivity index (χ0) is 17.0. The normalized spacial score (nSPS) is 11.3. The van der Waals surface area contributed by atoms with Gasteiger partial charge in [0.25, 0.3) is 0 Å². The monoisotopic (exact) mass is 331 g/mol. The van der Waals surface area contributed by atoms with Gasteiger partial charge in [-0.25, -0.2) is 0 Å². The number of rotatable bonds is 5. The molecule has 0 aromatic heterocycles. The van der Waals surface area contributed by atoms with Gasteiger partial charge in [0.2, 0.25) is 0 Å². The summed E-state index contributed by atoms with van der Waals surface area (Å²) in [7, 11) is 0.549. The van der Waals surface area contributed by atoms with Gasteiger partial charge in [-0.05, 0) is 17.7 Å².